The number of hydrogen-bond donors (Lipinski definition) is 3. The van der Waals surface area contributed by atoms with Crippen molar-refractivity contribution in [2.75, 3.05) is 52.5 Å². The van der Waals surface area contributed by atoms with E-state index in [4.69, 9.17) is 4.74 Å². The lowest BCUT2D eigenvalue weighted by molar-refractivity contribution is 0.0377. The first-order valence-corrected chi connectivity index (χ1v) is 9.61. The van der Waals surface area contributed by atoms with Gasteiger partial charge >= 0.3 is 0 Å². The summed E-state index contributed by atoms with van der Waals surface area (Å²) in [5.41, 5.74) is 2.11. The van der Waals surface area contributed by atoms with Crippen LogP contribution in [0.4, 0.5) is 0 Å². The van der Waals surface area contributed by atoms with Gasteiger partial charge in [0.1, 0.15) is 5.82 Å². The highest BCUT2D eigenvalue weighted by molar-refractivity contribution is 14.0. The molecule has 150 valence electrons. The van der Waals surface area contributed by atoms with Gasteiger partial charge in [-0.15, -0.1) is 24.0 Å². The Morgan fingerprint density at radius 3 is 2.85 bits per heavy atom. The summed E-state index contributed by atoms with van der Waals surface area (Å²) >= 11 is 0. The van der Waals surface area contributed by atoms with E-state index in [-0.39, 0.29) is 24.0 Å². The van der Waals surface area contributed by atoms with Crippen molar-refractivity contribution >= 4 is 41.0 Å². The quantitative estimate of drug-likeness (QED) is 0.230. The van der Waals surface area contributed by atoms with Crippen molar-refractivity contribution in [3.05, 3.63) is 30.1 Å². The number of guanidine groups is 1. The molecule has 1 aliphatic heterocycles. The molecule has 2 aromatic rings. The molecule has 27 heavy (non-hydrogen) atoms. The highest BCUT2D eigenvalue weighted by Crippen LogP contribution is 2.10. The summed E-state index contributed by atoms with van der Waals surface area (Å²) in [5.74, 6) is 1.88. The second kappa shape index (κ2) is 12.1. The minimum atomic E-state index is 0. The van der Waals surface area contributed by atoms with E-state index in [9.17, 15) is 0 Å². The molecule has 0 radical (unpaired) electrons. The third-order valence-corrected chi connectivity index (χ3v) is 4.44. The summed E-state index contributed by atoms with van der Waals surface area (Å²) in [6, 6.07) is 8.12. The van der Waals surface area contributed by atoms with Gasteiger partial charge in [0, 0.05) is 45.7 Å². The lowest BCUT2D eigenvalue weighted by Gasteiger charge is -2.26. The maximum atomic E-state index is 5.38. The van der Waals surface area contributed by atoms with E-state index in [0.717, 1.165) is 88.1 Å². The Kier molecular flexibility index (Phi) is 9.85. The van der Waals surface area contributed by atoms with Crippen LogP contribution < -0.4 is 10.6 Å². The Morgan fingerprint density at radius 1 is 1.26 bits per heavy atom. The number of halogens is 1. The summed E-state index contributed by atoms with van der Waals surface area (Å²) < 4.78 is 5.38. The number of aliphatic imine (C=N–C) groups is 1. The van der Waals surface area contributed by atoms with Crippen molar-refractivity contribution in [3.63, 3.8) is 0 Å². The summed E-state index contributed by atoms with van der Waals surface area (Å²) in [4.78, 5) is 15.1. The monoisotopic (exact) mass is 486 g/mol. The van der Waals surface area contributed by atoms with Crippen LogP contribution in [0.25, 0.3) is 11.0 Å². The zero-order chi connectivity index (χ0) is 18.0. The predicted molar refractivity (Wildman–Crippen MR) is 121 cm³/mol. The van der Waals surface area contributed by atoms with Gasteiger partial charge in [-0.25, -0.2) is 4.98 Å². The second-order valence-electron chi connectivity index (χ2n) is 6.45. The third-order valence-electron chi connectivity index (χ3n) is 4.44. The molecule has 2 heterocycles. The van der Waals surface area contributed by atoms with Crippen molar-refractivity contribution in [3.8, 4) is 0 Å². The molecule has 0 amide bonds. The number of benzene rings is 1. The van der Waals surface area contributed by atoms with Crippen LogP contribution in [0.15, 0.2) is 29.3 Å². The molecule has 3 N–H and O–H groups in total. The molecule has 0 unspecified atom stereocenters. The molecule has 0 spiro atoms. The van der Waals surface area contributed by atoms with Crippen molar-refractivity contribution in [1.82, 2.24) is 25.5 Å². The van der Waals surface area contributed by atoms with E-state index >= 15 is 0 Å². The number of aromatic nitrogens is 2. The Balaban J connectivity index is 0.00000261. The number of imidazole rings is 1. The minimum Gasteiger partial charge on any atom is -0.379 e. The second-order valence-corrected chi connectivity index (χ2v) is 6.45. The fourth-order valence-electron chi connectivity index (χ4n) is 3.08. The molecule has 1 aromatic heterocycles. The third kappa shape index (κ3) is 7.27. The number of nitrogens with zero attached hydrogens (tertiary/aromatic N) is 3. The summed E-state index contributed by atoms with van der Waals surface area (Å²) in [6.45, 7) is 9.46. The highest BCUT2D eigenvalue weighted by Gasteiger charge is 2.09. The highest BCUT2D eigenvalue weighted by atomic mass is 127. The molecule has 1 aliphatic rings. The van der Waals surface area contributed by atoms with Gasteiger partial charge in [-0.1, -0.05) is 12.1 Å². The van der Waals surface area contributed by atoms with Crippen LogP contribution in [-0.4, -0.2) is 73.3 Å². The molecule has 0 bridgehead atoms. The number of fused-ring (bicyclic) bond motifs is 1. The number of nitrogens with one attached hydrogen (secondary N) is 3. The first-order chi connectivity index (χ1) is 12.8. The lowest BCUT2D eigenvalue weighted by atomic mass is 10.3. The lowest BCUT2D eigenvalue weighted by Crippen LogP contribution is -2.39. The number of hydrogen-bond acceptors (Lipinski definition) is 4. The number of para-hydroxylation sites is 2. The summed E-state index contributed by atoms with van der Waals surface area (Å²) in [5, 5.41) is 6.71. The van der Waals surface area contributed by atoms with Gasteiger partial charge in [0.25, 0.3) is 0 Å². The van der Waals surface area contributed by atoms with Crippen LogP contribution in [0.1, 0.15) is 19.2 Å². The van der Waals surface area contributed by atoms with Crippen LogP contribution in [0.3, 0.4) is 0 Å². The number of aromatic amines is 1. The average molecular weight is 486 g/mol. The molecule has 3 rings (SSSR count). The van der Waals surface area contributed by atoms with E-state index in [1.165, 1.54) is 0 Å². The first-order valence-electron chi connectivity index (χ1n) is 9.61. The molecule has 0 atom stereocenters. The number of H-pyrrole nitrogens is 1. The number of rotatable bonds is 8. The van der Waals surface area contributed by atoms with Gasteiger partial charge < -0.3 is 20.4 Å². The number of morpholine rings is 1. The van der Waals surface area contributed by atoms with E-state index in [0.29, 0.717) is 0 Å². The average Bonchev–Trinajstić information content (AvgIpc) is 3.09. The molecule has 8 heteroatoms. The van der Waals surface area contributed by atoms with Crippen LogP contribution >= 0.6 is 24.0 Å². The molecule has 7 nitrogen and oxygen atoms in total. The molecule has 1 aromatic carbocycles. The van der Waals surface area contributed by atoms with Gasteiger partial charge in [-0.2, -0.15) is 0 Å². The fourth-order valence-corrected chi connectivity index (χ4v) is 3.08. The van der Waals surface area contributed by atoms with Crippen LogP contribution in [0.2, 0.25) is 0 Å². The van der Waals surface area contributed by atoms with Crippen LogP contribution in [-0.2, 0) is 11.2 Å². The van der Waals surface area contributed by atoms with Crippen molar-refractivity contribution in [1.29, 1.82) is 0 Å². The van der Waals surface area contributed by atoms with Crippen molar-refractivity contribution in [2.24, 2.45) is 4.99 Å². The molecule has 1 fully saturated rings. The van der Waals surface area contributed by atoms with Gasteiger partial charge in [-0.3, -0.25) is 9.89 Å². The van der Waals surface area contributed by atoms with E-state index in [2.05, 4.69) is 43.5 Å². The molecular weight excluding hydrogens is 455 g/mol. The number of ether oxygens (including phenoxy) is 1. The summed E-state index contributed by atoms with van der Waals surface area (Å²) in [6.07, 6.45) is 1.91. The van der Waals surface area contributed by atoms with Crippen LogP contribution in [0.5, 0.6) is 0 Å². The van der Waals surface area contributed by atoms with E-state index in [1.54, 1.807) is 0 Å². The van der Waals surface area contributed by atoms with Crippen molar-refractivity contribution < 1.29 is 4.74 Å². The Bertz CT molecular complexity index is 665. The summed E-state index contributed by atoms with van der Waals surface area (Å²) in [7, 11) is 0. The van der Waals surface area contributed by atoms with Gasteiger partial charge in [0.05, 0.1) is 24.2 Å². The van der Waals surface area contributed by atoms with E-state index < -0.39 is 0 Å². The molecule has 0 aliphatic carbocycles. The Morgan fingerprint density at radius 2 is 2.07 bits per heavy atom. The Hall–Kier alpha value is -1.39. The van der Waals surface area contributed by atoms with Crippen LogP contribution in [0, 0.1) is 0 Å². The zero-order valence-electron chi connectivity index (χ0n) is 16.0. The maximum absolute atomic E-state index is 5.38. The standard InChI is InChI=1S/C19H30N6O.HI/c1-2-20-19(21-9-5-11-25-12-14-26-15-13-25)22-10-8-18-23-16-6-3-4-7-17(16)24-18;/h3-4,6-7H,2,5,8-15H2,1H3,(H,23,24)(H2,20,21,22);1H. The van der Waals surface area contributed by atoms with Gasteiger partial charge in [0.15, 0.2) is 5.96 Å². The van der Waals surface area contributed by atoms with Gasteiger partial charge in [-0.05, 0) is 25.5 Å². The zero-order valence-corrected chi connectivity index (χ0v) is 18.4. The van der Waals surface area contributed by atoms with Crippen molar-refractivity contribution in [2.45, 2.75) is 19.8 Å². The SMILES string of the molecule is CCNC(=NCCCN1CCOCC1)NCCc1nc2ccccc2[nH]1.I. The molecule has 0 saturated carbocycles. The molecule has 1 saturated heterocycles. The largest absolute Gasteiger partial charge is 0.379 e. The normalized spacial score (nSPS) is 15.5. The predicted octanol–water partition coefficient (Wildman–Crippen LogP) is 2.00. The molecular formula is C19H31IN6O. The smallest absolute Gasteiger partial charge is 0.191 e. The first kappa shape index (κ1) is 21.9. The minimum absolute atomic E-state index is 0. The van der Waals surface area contributed by atoms with Gasteiger partial charge in [0.2, 0.25) is 0 Å². The fraction of sp³-hybridized carbons (Fsp3) is 0.579. The maximum Gasteiger partial charge on any atom is 0.191 e. The van der Waals surface area contributed by atoms with E-state index in [1.807, 2.05) is 18.2 Å². The topological polar surface area (TPSA) is 77.6 Å². The Labute approximate surface area is 178 Å².